The summed E-state index contributed by atoms with van der Waals surface area (Å²) < 4.78 is 0. The zero-order valence-electron chi connectivity index (χ0n) is 12.4. The number of hydrogen-bond donors (Lipinski definition) is 3. The molecule has 1 unspecified atom stereocenters. The van der Waals surface area contributed by atoms with E-state index in [2.05, 4.69) is 29.6 Å². The Morgan fingerprint density at radius 2 is 2.14 bits per heavy atom. The maximum Gasteiger partial charge on any atom is 0.251 e. The maximum atomic E-state index is 12.5. The van der Waals surface area contributed by atoms with E-state index in [0.29, 0.717) is 17.3 Å². The highest BCUT2D eigenvalue weighted by Gasteiger charge is 2.20. The Labute approximate surface area is 128 Å². The first-order valence-electron chi connectivity index (χ1n) is 6.81. The molecule has 0 spiro atoms. The molecule has 0 fully saturated rings. The first kappa shape index (κ1) is 15.5. The van der Waals surface area contributed by atoms with Crippen LogP contribution in [-0.4, -0.2) is 10.9 Å². The number of anilines is 1. The van der Waals surface area contributed by atoms with Gasteiger partial charge in [-0.3, -0.25) is 4.79 Å². The topological polar surface area (TPSA) is 80.0 Å². The molecule has 1 atom stereocenters. The summed E-state index contributed by atoms with van der Waals surface area (Å²) in [4.78, 5) is 17.8. The highest BCUT2D eigenvalue weighted by molar-refractivity contribution is 7.10. The van der Waals surface area contributed by atoms with E-state index in [1.807, 2.05) is 24.4 Å². The van der Waals surface area contributed by atoms with Gasteiger partial charge in [0.15, 0.2) is 0 Å². The Kier molecular flexibility index (Phi) is 4.93. The Hall–Kier alpha value is -1.92. The summed E-state index contributed by atoms with van der Waals surface area (Å²) in [5, 5.41) is 5.11. The van der Waals surface area contributed by atoms with Gasteiger partial charge in [-0.05, 0) is 36.4 Å². The van der Waals surface area contributed by atoms with Crippen LogP contribution in [0, 0.1) is 12.8 Å². The predicted molar refractivity (Wildman–Crippen MR) is 86.1 cm³/mol. The summed E-state index contributed by atoms with van der Waals surface area (Å²) >= 11 is 1.65. The third-order valence-corrected chi connectivity index (χ3v) is 4.12. The molecule has 1 amide bonds. The summed E-state index contributed by atoms with van der Waals surface area (Å²) in [7, 11) is 0. The molecule has 6 heteroatoms. The molecule has 0 bridgehead atoms. The lowest BCUT2D eigenvalue weighted by Crippen LogP contribution is -2.31. The molecule has 4 N–H and O–H groups in total. The van der Waals surface area contributed by atoms with E-state index in [1.165, 1.54) is 0 Å². The highest BCUT2D eigenvalue weighted by Crippen LogP contribution is 2.26. The maximum absolute atomic E-state index is 12.5. The molecule has 0 aliphatic rings. The summed E-state index contributed by atoms with van der Waals surface area (Å²) in [6.07, 6.45) is 0. The Morgan fingerprint density at radius 1 is 1.38 bits per heavy atom. The van der Waals surface area contributed by atoms with Crippen LogP contribution in [0.1, 0.15) is 40.8 Å². The second-order valence-corrected chi connectivity index (χ2v) is 6.22. The van der Waals surface area contributed by atoms with E-state index in [9.17, 15) is 4.79 Å². The van der Waals surface area contributed by atoms with E-state index in [-0.39, 0.29) is 11.9 Å². The van der Waals surface area contributed by atoms with E-state index >= 15 is 0 Å². The largest absolute Gasteiger partial charge is 0.344 e. The van der Waals surface area contributed by atoms with E-state index in [0.717, 1.165) is 10.6 Å². The molecule has 0 aliphatic carbocycles. The number of aryl methyl sites for hydroxylation is 1. The first-order valence-corrected chi connectivity index (χ1v) is 7.68. The molecule has 2 aromatic heterocycles. The smallest absolute Gasteiger partial charge is 0.251 e. The van der Waals surface area contributed by atoms with Crippen molar-refractivity contribution >= 4 is 23.1 Å². The number of nitrogens with one attached hydrogen (secondary N) is 2. The van der Waals surface area contributed by atoms with Gasteiger partial charge in [-0.15, -0.1) is 11.3 Å². The highest BCUT2D eigenvalue weighted by atomic mass is 32.1. The van der Waals surface area contributed by atoms with Crippen LogP contribution in [-0.2, 0) is 0 Å². The number of amides is 1. The average Bonchev–Trinajstić information content (AvgIpc) is 2.97. The summed E-state index contributed by atoms with van der Waals surface area (Å²) in [5.74, 6) is 6.04. The third-order valence-electron chi connectivity index (χ3n) is 3.17. The fourth-order valence-corrected chi connectivity index (χ4v) is 3.08. The predicted octanol–water partition coefficient (Wildman–Crippen LogP) is 2.86. The number of rotatable bonds is 5. The quantitative estimate of drug-likeness (QED) is 0.586. The van der Waals surface area contributed by atoms with Crippen molar-refractivity contribution in [3.8, 4) is 0 Å². The fourth-order valence-electron chi connectivity index (χ4n) is 2.13. The van der Waals surface area contributed by atoms with Gasteiger partial charge in [0, 0.05) is 16.1 Å². The Bertz CT molecular complexity index is 610. The minimum atomic E-state index is -0.121. The number of nitrogen functional groups attached to an aromatic ring is 1. The molecule has 5 nitrogen and oxygen atoms in total. The first-order chi connectivity index (χ1) is 10.0. The lowest BCUT2D eigenvalue weighted by molar-refractivity contribution is 0.0926. The monoisotopic (exact) mass is 304 g/mol. The minimum absolute atomic E-state index is 0.000238. The summed E-state index contributed by atoms with van der Waals surface area (Å²) in [5.41, 5.74) is 3.77. The Balaban J connectivity index is 2.21. The number of pyridine rings is 1. The van der Waals surface area contributed by atoms with Crippen LogP contribution in [0.15, 0.2) is 29.6 Å². The molecule has 21 heavy (non-hydrogen) atoms. The molecule has 2 aromatic rings. The lowest BCUT2D eigenvalue weighted by atomic mass is 10.0. The molecule has 112 valence electrons. The number of nitrogens with zero attached hydrogens (tertiary/aromatic N) is 1. The Morgan fingerprint density at radius 3 is 2.71 bits per heavy atom. The number of nitrogens with two attached hydrogens (primary N) is 1. The average molecular weight is 304 g/mol. The van der Waals surface area contributed by atoms with Crippen LogP contribution in [0.4, 0.5) is 5.82 Å². The number of carbonyl (C=O) groups is 1. The van der Waals surface area contributed by atoms with Gasteiger partial charge in [0.05, 0.1) is 6.04 Å². The standard InChI is InChI=1S/C15H20N4OS/c1-9(2)14(12-5-4-6-21-12)18-15(20)11-7-10(3)17-13(8-11)19-16/h4-9,14H,16H2,1-3H3,(H,17,19)(H,18,20). The molecule has 2 heterocycles. The summed E-state index contributed by atoms with van der Waals surface area (Å²) in [6.45, 7) is 6.02. The molecule has 0 radical (unpaired) electrons. The number of carbonyl (C=O) groups excluding carboxylic acids is 1. The van der Waals surface area contributed by atoms with Gasteiger partial charge < -0.3 is 10.7 Å². The van der Waals surface area contributed by atoms with Crippen molar-refractivity contribution in [3.63, 3.8) is 0 Å². The van der Waals surface area contributed by atoms with Crippen molar-refractivity contribution in [2.75, 3.05) is 5.43 Å². The second kappa shape index (κ2) is 6.69. The van der Waals surface area contributed by atoms with Crippen molar-refractivity contribution in [3.05, 3.63) is 45.8 Å². The van der Waals surface area contributed by atoms with Gasteiger partial charge in [0.1, 0.15) is 5.82 Å². The van der Waals surface area contributed by atoms with Crippen molar-refractivity contribution in [1.29, 1.82) is 0 Å². The number of aromatic nitrogens is 1. The normalized spacial score (nSPS) is 12.2. The molecule has 2 rings (SSSR count). The van der Waals surface area contributed by atoms with Gasteiger partial charge in [-0.1, -0.05) is 19.9 Å². The van der Waals surface area contributed by atoms with Gasteiger partial charge in [-0.2, -0.15) is 0 Å². The van der Waals surface area contributed by atoms with E-state index in [1.54, 1.807) is 23.5 Å². The van der Waals surface area contributed by atoms with E-state index < -0.39 is 0 Å². The van der Waals surface area contributed by atoms with Crippen LogP contribution in [0.5, 0.6) is 0 Å². The molecule has 0 saturated heterocycles. The molecule has 0 aromatic carbocycles. The molecular weight excluding hydrogens is 284 g/mol. The van der Waals surface area contributed by atoms with Crippen molar-refractivity contribution in [1.82, 2.24) is 10.3 Å². The molecule has 0 aliphatic heterocycles. The molecular formula is C15H20N4OS. The van der Waals surface area contributed by atoms with Crippen molar-refractivity contribution in [2.24, 2.45) is 11.8 Å². The minimum Gasteiger partial charge on any atom is -0.344 e. The third kappa shape index (κ3) is 3.80. The van der Waals surface area contributed by atoms with Gasteiger partial charge in [0.25, 0.3) is 5.91 Å². The SMILES string of the molecule is Cc1cc(C(=O)NC(c2cccs2)C(C)C)cc(NN)n1. The van der Waals surface area contributed by atoms with Crippen LogP contribution >= 0.6 is 11.3 Å². The zero-order chi connectivity index (χ0) is 15.4. The van der Waals surface area contributed by atoms with Gasteiger partial charge >= 0.3 is 0 Å². The number of hydrazine groups is 1. The van der Waals surface area contributed by atoms with Crippen LogP contribution in [0.3, 0.4) is 0 Å². The lowest BCUT2D eigenvalue weighted by Gasteiger charge is -2.21. The zero-order valence-corrected chi connectivity index (χ0v) is 13.2. The van der Waals surface area contributed by atoms with Crippen LogP contribution in [0.2, 0.25) is 0 Å². The van der Waals surface area contributed by atoms with Crippen molar-refractivity contribution in [2.45, 2.75) is 26.8 Å². The number of hydrogen-bond acceptors (Lipinski definition) is 5. The molecule has 0 saturated carbocycles. The van der Waals surface area contributed by atoms with Crippen molar-refractivity contribution < 1.29 is 4.79 Å². The second-order valence-electron chi connectivity index (χ2n) is 5.24. The van der Waals surface area contributed by atoms with Crippen LogP contribution < -0.4 is 16.6 Å². The summed E-state index contributed by atoms with van der Waals surface area (Å²) in [6, 6.07) is 7.44. The van der Waals surface area contributed by atoms with Gasteiger partial charge in [0.2, 0.25) is 0 Å². The van der Waals surface area contributed by atoms with Crippen LogP contribution in [0.25, 0.3) is 0 Å². The van der Waals surface area contributed by atoms with Gasteiger partial charge in [-0.25, -0.2) is 10.8 Å². The number of thiophene rings is 1. The fraction of sp³-hybridized carbons (Fsp3) is 0.333. The van der Waals surface area contributed by atoms with E-state index in [4.69, 9.17) is 5.84 Å².